The van der Waals surface area contributed by atoms with Crippen molar-refractivity contribution in [2.75, 3.05) is 6.54 Å². The third-order valence-corrected chi connectivity index (χ3v) is 4.01. The number of ether oxygens (including phenoxy) is 1. The quantitative estimate of drug-likeness (QED) is 0.790. The summed E-state index contributed by atoms with van der Waals surface area (Å²) in [6.45, 7) is 0.0520. The maximum Gasteiger partial charge on any atom is 0.417 e. The molecule has 3 rings (SSSR count). The van der Waals surface area contributed by atoms with Gasteiger partial charge in [0.2, 0.25) is 0 Å². The second-order valence-corrected chi connectivity index (χ2v) is 5.73. The number of fused-ring (bicyclic) bond motifs is 1. The Labute approximate surface area is 139 Å². The van der Waals surface area contributed by atoms with Crippen molar-refractivity contribution in [2.45, 2.75) is 24.9 Å². The van der Waals surface area contributed by atoms with E-state index in [-0.39, 0.29) is 35.4 Å². The predicted molar refractivity (Wildman–Crippen MR) is 79.1 cm³/mol. The van der Waals surface area contributed by atoms with E-state index < -0.39 is 29.6 Å². The lowest BCUT2D eigenvalue weighted by molar-refractivity contribution is -0.137. The lowest BCUT2D eigenvalue weighted by Gasteiger charge is -2.17. The fraction of sp³-hybridized carbons (Fsp3) is 0.294. The molecule has 0 radical (unpaired) electrons. The SMILES string of the molecule is NCC1Cc2cc(C(F)(F)F)cc(-c3ccccc3C(F)(F)F)c2O1. The maximum absolute atomic E-state index is 13.3. The first-order valence-electron chi connectivity index (χ1n) is 7.38. The van der Waals surface area contributed by atoms with Gasteiger partial charge in [-0.05, 0) is 29.3 Å². The van der Waals surface area contributed by atoms with Crippen LogP contribution in [0.1, 0.15) is 16.7 Å². The number of alkyl halides is 6. The van der Waals surface area contributed by atoms with Crippen molar-refractivity contribution in [1.82, 2.24) is 0 Å². The number of rotatable bonds is 2. The fourth-order valence-electron chi connectivity index (χ4n) is 2.89. The molecule has 0 amide bonds. The predicted octanol–water partition coefficient (Wildman–Crippen LogP) is 4.65. The van der Waals surface area contributed by atoms with Gasteiger partial charge in [0.15, 0.2) is 0 Å². The first kappa shape index (κ1) is 17.6. The van der Waals surface area contributed by atoms with Gasteiger partial charge in [-0.2, -0.15) is 26.3 Å². The molecule has 1 aliphatic heterocycles. The topological polar surface area (TPSA) is 35.2 Å². The summed E-state index contributed by atoms with van der Waals surface area (Å²) in [6.07, 6.45) is -9.83. The number of nitrogens with two attached hydrogens (primary N) is 1. The van der Waals surface area contributed by atoms with E-state index in [1.54, 1.807) is 0 Å². The average Bonchev–Trinajstić information content (AvgIpc) is 2.95. The molecule has 1 heterocycles. The Hall–Kier alpha value is -2.22. The van der Waals surface area contributed by atoms with Crippen LogP contribution in [0.3, 0.4) is 0 Å². The minimum absolute atomic E-state index is 0.0279. The molecule has 0 saturated heterocycles. The minimum Gasteiger partial charge on any atom is -0.488 e. The largest absolute Gasteiger partial charge is 0.488 e. The van der Waals surface area contributed by atoms with Crippen LogP contribution < -0.4 is 10.5 Å². The van der Waals surface area contributed by atoms with E-state index >= 15 is 0 Å². The van der Waals surface area contributed by atoms with Crippen molar-refractivity contribution in [3.05, 3.63) is 53.1 Å². The van der Waals surface area contributed by atoms with E-state index in [4.69, 9.17) is 10.5 Å². The fourth-order valence-corrected chi connectivity index (χ4v) is 2.89. The third-order valence-electron chi connectivity index (χ3n) is 4.01. The lowest BCUT2D eigenvalue weighted by atomic mass is 9.94. The van der Waals surface area contributed by atoms with E-state index in [2.05, 4.69) is 0 Å². The highest BCUT2D eigenvalue weighted by Gasteiger charge is 2.38. The normalized spacial score (nSPS) is 17.3. The summed E-state index contributed by atoms with van der Waals surface area (Å²) >= 11 is 0. The van der Waals surface area contributed by atoms with E-state index in [9.17, 15) is 26.3 Å². The second kappa shape index (κ2) is 5.94. The standard InChI is InChI=1S/C17H13F6NO/c18-16(19,20)10-5-9-6-11(8-24)25-15(9)13(7-10)12-3-1-2-4-14(12)17(21,22)23/h1-5,7,11H,6,8,24H2. The van der Waals surface area contributed by atoms with Gasteiger partial charge in [0, 0.05) is 18.5 Å². The molecule has 2 nitrogen and oxygen atoms in total. The highest BCUT2D eigenvalue weighted by molar-refractivity contribution is 5.77. The van der Waals surface area contributed by atoms with Gasteiger partial charge in [-0.3, -0.25) is 0 Å². The van der Waals surface area contributed by atoms with Crippen LogP contribution in [0.15, 0.2) is 36.4 Å². The van der Waals surface area contributed by atoms with Crippen LogP contribution in [0.25, 0.3) is 11.1 Å². The zero-order valence-electron chi connectivity index (χ0n) is 12.7. The molecule has 1 aliphatic rings. The highest BCUT2D eigenvalue weighted by Crippen LogP contribution is 2.46. The monoisotopic (exact) mass is 361 g/mol. The van der Waals surface area contributed by atoms with Crippen LogP contribution in [-0.4, -0.2) is 12.6 Å². The molecule has 2 aromatic carbocycles. The molecule has 0 bridgehead atoms. The molecule has 2 N–H and O–H groups in total. The first-order chi connectivity index (χ1) is 11.6. The summed E-state index contributed by atoms with van der Waals surface area (Å²) in [4.78, 5) is 0. The molecule has 25 heavy (non-hydrogen) atoms. The Bertz CT molecular complexity index is 797. The van der Waals surface area contributed by atoms with Crippen LogP contribution in [0.4, 0.5) is 26.3 Å². The van der Waals surface area contributed by atoms with Gasteiger partial charge in [-0.15, -0.1) is 0 Å². The number of halogens is 6. The molecule has 134 valence electrons. The lowest BCUT2D eigenvalue weighted by Crippen LogP contribution is -2.24. The van der Waals surface area contributed by atoms with E-state index in [0.29, 0.717) is 6.07 Å². The first-order valence-corrected chi connectivity index (χ1v) is 7.38. The van der Waals surface area contributed by atoms with Gasteiger partial charge in [-0.1, -0.05) is 18.2 Å². The molecule has 0 spiro atoms. The van der Waals surface area contributed by atoms with Crippen LogP contribution in [0, 0.1) is 0 Å². The molecular formula is C17H13F6NO. The Kier molecular flexibility index (Phi) is 4.18. The molecule has 0 saturated carbocycles. The number of hydrogen-bond donors (Lipinski definition) is 1. The number of benzene rings is 2. The molecule has 0 aromatic heterocycles. The van der Waals surface area contributed by atoms with Gasteiger partial charge < -0.3 is 10.5 Å². The minimum atomic E-state index is -4.70. The molecule has 0 aliphatic carbocycles. The Balaban J connectivity index is 2.26. The van der Waals surface area contributed by atoms with Crippen LogP contribution in [-0.2, 0) is 18.8 Å². The second-order valence-electron chi connectivity index (χ2n) is 5.73. The zero-order chi connectivity index (χ0) is 18.4. The van der Waals surface area contributed by atoms with Crippen molar-refractivity contribution in [3.8, 4) is 16.9 Å². The Morgan fingerprint density at radius 2 is 1.64 bits per heavy atom. The smallest absolute Gasteiger partial charge is 0.417 e. The van der Waals surface area contributed by atoms with Crippen LogP contribution in [0.5, 0.6) is 5.75 Å². The summed E-state index contributed by atoms with van der Waals surface area (Å²) in [7, 11) is 0. The van der Waals surface area contributed by atoms with E-state index in [1.807, 2.05) is 0 Å². The molecule has 1 atom stereocenters. The van der Waals surface area contributed by atoms with Gasteiger partial charge in [0.25, 0.3) is 0 Å². The molecule has 8 heteroatoms. The maximum atomic E-state index is 13.3. The average molecular weight is 361 g/mol. The van der Waals surface area contributed by atoms with Gasteiger partial charge in [0.05, 0.1) is 11.1 Å². The van der Waals surface area contributed by atoms with Gasteiger partial charge >= 0.3 is 12.4 Å². The van der Waals surface area contributed by atoms with Gasteiger partial charge in [0.1, 0.15) is 11.9 Å². The van der Waals surface area contributed by atoms with Gasteiger partial charge in [-0.25, -0.2) is 0 Å². The summed E-state index contributed by atoms with van der Waals surface area (Å²) in [6, 6.07) is 6.10. The van der Waals surface area contributed by atoms with E-state index in [0.717, 1.165) is 18.2 Å². The van der Waals surface area contributed by atoms with Crippen LogP contribution in [0.2, 0.25) is 0 Å². The van der Waals surface area contributed by atoms with Crippen molar-refractivity contribution in [1.29, 1.82) is 0 Å². The molecule has 2 aromatic rings. The summed E-state index contributed by atoms with van der Waals surface area (Å²) in [5.74, 6) is 0.0279. The highest BCUT2D eigenvalue weighted by atomic mass is 19.4. The summed E-state index contributed by atoms with van der Waals surface area (Å²) < 4.78 is 84.9. The van der Waals surface area contributed by atoms with Crippen molar-refractivity contribution < 1.29 is 31.1 Å². The molecular weight excluding hydrogens is 348 g/mol. The third kappa shape index (κ3) is 3.30. The summed E-state index contributed by atoms with van der Waals surface area (Å²) in [5.41, 5.74) is 3.09. The van der Waals surface area contributed by atoms with Crippen LogP contribution >= 0.6 is 0 Å². The number of hydrogen-bond acceptors (Lipinski definition) is 2. The van der Waals surface area contributed by atoms with E-state index in [1.165, 1.54) is 12.1 Å². The molecule has 0 fully saturated rings. The van der Waals surface area contributed by atoms with Crippen molar-refractivity contribution in [3.63, 3.8) is 0 Å². The molecule has 1 unspecified atom stereocenters. The zero-order valence-corrected chi connectivity index (χ0v) is 12.7. The Morgan fingerprint density at radius 3 is 2.24 bits per heavy atom. The van der Waals surface area contributed by atoms with Crippen molar-refractivity contribution >= 4 is 0 Å². The van der Waals surface area contributed by atoms with Crippen molar-refractivity contribution in [2.24, 2.45) is 5.73 Å². The Morgan fingerprint density at radius 1 is 0.960 bits per heavy atom. The summed E-state index contributed by atoms with van der Waals surface area (Å²) in [5, 5.41) is 0.